The lowest BCUT2D eigenvalue weighted by Crippen LogP contribution is -2.42. The average molecular weight is 407 g/mol. The lowest BCUT2D eigenvalue weighted by Gasteiger charge is -2.30. The zero-order valence-corrected chi connectivity index (χ0v) is 16.6. The number of aliphatic hydroxyl groups excluding tert-OH is 1. The number of nitrogens with one attached hydrogen (secondary N) is 1. The SMILES string of the molecule is CS(=O)(=O)N1CCC(Nc2ncc3ccc(=O)n(C4CCC(O)C4)c3n2)CC1. The number of aromatic nitrogens is 3. The Balaban J connectivity index is 1.57. The van der Waals surface area contributed by atoms with E-state index in [0.29, 0.717) is 50.4 Å². The molecule has 3 heterocycles. The Labute approximate surface area is 163 Å². The van der Waals surface area contributed by atoms with Crippen molar-refractivity contribution in [2.45, 2.75) is 50.3 Å². The normalized spacial score (nSPS) is 24.6. The summed E-state index contributed by atoms with van der Waals surface area (Å²) in [5, 5.41) is 13.9. The summed E-state index contributed by atoms with van der Waals surface area (Å²) in [5.74, 6) is 0.434. The van der Waals surface area contributed by atoms with Crippen LogP contribution in [0.1, 0.15) is 38.1 Å². The van der Waals surface area contributed by atoms with Crippen molar-refractivity contribution in [1.29, 1.82) is 0 Å². The van der Waals surface area contributed by atoms with Gasteiger partial charge in [0.15, 0.2) is 0 Å². The van der Waals surface area contributed by atoms with Crippen LogP contribution in [0.5, 0.6) is 0 Å². The first kappa shape index (κ1) is 19.3. The van der Waals surface area contributed by atoms with E-state index in [1.165, 1.54) is 16.6 Å². The summed E-state index contributed by atoms with van der Waals surface area (Å²) in [7, 11) is -3.16. The van der Waals surface area contributed by atoms with Crippen LogP contribution < -0.4 is 10.9 Å². The van der Waals surface area contributed by atoms with Crippen LogP contribution >= 0.6 is 0 Å². The standard InChI is InChI=1S/C18H25N5O4S/c1-28(26,27)22-8-6-13(7-9-22)20-18-19-11-12-2-5-16(25)23(17(12)21-18)14-3-4-15(24)10-14/h2,5,11,13-15,24H,3-4,6-10H2,1H3,(H,19,20,21). The van der Waals surface area contributed by atoms with Crippen molar-refractivity contribution in [2.24, 2.45) is 0 Å². The fourth-order valence-electron chi connectivity index (χ4n) is 4.14. The minimum absolute atomic E-state index is 0.0630. The summed E-state index contributed by atoms with van der Waals surface area (Å²) in [5.41, 5.74) is 0.440. The summed E-state index contributed by atoms with van der Waals surface area (Å²) >= 11 is 0. The van der Waals surface area contributed by atoms with Crippen molar-refractivity contribution in [3.05, 3.63) is 28.7 Å². The molecule has 1 saturated carbocycles. The zero-order valence-electron chi connectivity index (χ0n) is 15.8. The van der Waals surface area contributed by atoms with E-state index in [0.717, 1.165) is 11.8 Å². The van der Waals surface area contributed by atoms with Gasteiger partial charge >= 0.3 is 0 Å². The Morgan fingerprint density at radius 3 is 2.57 bits per heavy atom. The van der Waals surface area contributed by atoms with Crippen LogP contribution in [-0.4, -0.2) is 63.9 Å². The Hall–Kier alpha value is -2.04. The maximum absolute atomic E-state index is 12.5. The number of pyridine rings is 1. The van der Waals surface area contributed by atoms with E-state index >= 15 is 0 Å². The van der Waals surface area contributed by atoms with Crippen molar-refractivity contribution in [3.8, 4) is 0 Å². The topological polar surface area (TPSA) is 117 Å². The van der Waals surface area contributed by atoms with E-state index in [1.807, 2.05) is 0 Å². The van der Waals surface area contributed by atoms with Gasteiger partial charge in [-0.2, -0.15) is 4.98 Å². The monoisotopic (exact) mass is 407 g/mol. The molecule has 2 aliphatic rings. The molecule has 1 aliphatic carbocycles. The zero-order chi connectivity index (χ0) is 19.9. The summed E-state index contributed by atoms with van der Waals surface area (Å²) in [4.78, 5) is 21.5. The quantitative estimate of drug-likeness (QED) is 0.766. The molecular formula is C18H25N5O4S. The molecule has 152 valence electrons. The molecule has 0 amide bonds. The molecule has 10 heteroatoms. The van der Waals surface area contributed by atoms with Gasteiger partial charge in [0.05, 0.1) is 12.4 Å². The molecule has 0 bridgehead atoms. The largest absolute Gasteiger partial charge is 0.393 e. The van der Waals surface area contributed by atoms with Crippen LogP contribution in [0.4, 0.5) is 5.95 Å². The van der Waals surface area contributed by atoms with Gasteiger partial charge in [-0.15, -0.1) is 0 Å². The molecule has 1 saturated heterocycles. The van der Waals surface area contributed by atoms with Gasteiger partial charge in [0, 0.05) is 42.8 Å². The fourth-order valence-corrected chi connectivity index (χ4v) is 5.02. The summed E-state index contributed by atoms with van der Waals surface area (Å²) in [6.45, 7) is 0.934. The number of hydrogen-bond acceptors (Lipinski definition) is 7. The minimum atomic E-state index is -3.16. The van der Waals surface area contributed by atoms with Gasteiger partial charge in [-0.1, -0.05) is 0 Å². The van der Waals surface area contributed by atoms with Crippen molar-refractivity contribution < 1.29 is 13.5 Å². The number of sulfonamides is 1. The summed E-state index contributed by atoms with van der Waals surface area (Å²) in [6, 6.07) is 3.25. The van der Waals surface area contributed by atoms with Crippen LogP contribution in [-0.2, 0) is 10.0 Å². The highest BCUT2D eigenvalue weighted by molar-refractivity contribution is 7.88. The number of fused-ring (bicyclic) bond motifs is 1. The van der Waals surface area contributed by atoms with Crippen LogP contribution in [0.3, 0.4) is 0 Å². The summed E-state index contributed by atoms with van der Waals surface area (Å²) < 4.78 is 26.4. The van der Waals surface area contributed by atoms with Crippen molar-refractivity contribution in [3.63, 3.8) is 0 Å². The summed E-state index contributed by atoms with van der Waals surface area (Å²) in [6.07, 6.45) is 5.86. The fraction of sp³-hybridized carbons (Fsp3) is 0.611. The van der Waals surface area contributed by atoms with Crippen LogP contribution in [0.15, 0.2) is 23.1 Å². The van der Waals surface area contributed by atoms with Gasteiger partial charge in [0.1, 0.15) is 5.65 Å². The lowest BCUT2D eigenvalue weighted by atomic mass is 10.1. The second kappa shape index (κ2) is 7.41. The van der Waals surface area contributed by atoms with Crippen molar-refractivity contribution >= 4 is 27.0 Å². The highest BCUT2D eigenvalue weighted by Crippen LogP contribution is 2.30. The van der Waals surface area contributed by atoms with E-state index in [9.17, 15) is 18.3 Å². The predicted molar refractivity (Wildman–Crippen MR) is 106 cm³/mol. The third-order valence-electron chi connectivity index (χ3n) is 5.67. The Kier molecular flexibility index (Phi) is 5.11. The van der Waals surface area contributed by atoms with Gasteiger partial charge in [-0.05, 0) is 38.2 Å². The van der Waals surface area contributed by atoms with E-state index in [1.54, 1.807) is 16.8 Å². The Bertz CT molecular complexity index is 1030. The van der Waals surface area contributed by atoms with E-state index in [-0.39, 0.29) is 23.7 Å². The molecule has 2 aromatic rings. The third kappa shape index (κ3) is 3.89. The van der Waals surface area contributed by atoms with Crippen molar-refractivity contribution in [2.75, 3.05) is 24.7 Å². The third-order valence-corrected chi connectivity index (χ3v) is 6.97. The number of hydrogen-bond donors (Lipinski definition) is 2. The first-order valence-electron chi connectivity index (χ1n) is 9.59. The van der Waals surface area contributed by atoms with E-state index < -0.39 is 10.0 Å². The highest BCUT2D eigenvalue weighted by Gasteiger charge is 2.27. The molecule has 0 radical (unpaired) electrons. The average Bonchev–Trinajstić information content (AvgIpc) is 3.07. The van der Waals surface area contributed by atoms with Gasteiger partial charge in [0.2, 0.25) is 16.0 Å². The van der Waals surface area contributed by atoms with Gasteiger partial charge in [0.25, 0.3) is 5.56 Å². The molecular weight excluding hydrogens is 382 g/mol. The first-order valence-corrected chi connectivity index (χ1v) is 11.4. The van der Waals surface area contributed by atoms with Crippen LogP contribution in [0.2, 0.25) is 0 Å². The second-order valence-corrected chi connectivity index (χ2v) is 9.70. The number of rotatable bonds is 4. The number of anilines is 1. The number of piperidine rings is 1. The smallest absolute Gasteiger partial charge is 0.252 e. The second-order valence-electron chi connectivity index (χ2n) is 7.72. The Morgan fingerprint density at radius 1 is 1.18 bits per heavy atom. The maximum Gasteiger partial charge on any atom is 0.252 e. The lowest BCUT2D eigenvalue weighted by molar-refractivity contribution is 0.178. The van der Waals surface area contributed by atoms with E-state index in [4.69, 9.17) is 0 Å². The molecule has 9 nitrogen and oxygen atoms in total. The van der Waals surface area contributed by atoms with Crippen molar-refractivity contribution in [1.82, 2.24) is 18.8 Å². The highest BCUT2D eigenvalue weighted by atomic mass is 32.2. The Morgan fingerprint density at radius 2 is 1.93 bits per heavy atom. The van der Waals surface area contributed by atoms with E-state index in [2.05, 4.69) is 15.3 Å². The maximum atomic E-state index is 12.5. The molecule has 0 aromatic carbocycles. The van der Waals surface area contributed by atoms with Gasteiger partial charge in [-0.3, -0.25) is 9.36 Å². The van der Waals surface area contributed by atoms with Crippen LogP contribution in [0.25, 0.3) is 11.0 Å². The molecule has 2 N–H and O–H groups in total. The molecule has 28 heavy (non-hydrogen) atoms. The number of nitrogens with zero attached hydrogens (tertiary/aromatic N) is 4. The van der Waals surface area contributed by atoms with Crippen LogP contribution in [0, 0.1) is 0 Å². The molecule has 2 fully saturated rings. The molecule has 0 spiro atoms. The molecule has 4 rings (SSSR count). The molecule has 2 atom stereocenters. The van der Waals surface area contributed by atoms with Gasteiger partial charge in [-0.25, -0.2) is 17.7 Å². The first-order chi connectivity index (χ1) is 13.3. The number of aliphatic hydroxyl groups is 1. The minimum Gasteiger partial charge on any atom is -0.393 e. The molecule has 2 unspecified atom stereocenters. The molecule has 2 aromatic heterocycles. The molecule has 1 aliphatic heterocycles. The predicted octanol–water partition coefficient (Wildman–Crippen LogP) is 0.713. The van der Waals surface area contributed by atoms with Gasteiger partial charge < -0.3 is 10.4 Å².